The molecule has 5 heteroatoms. The number of carbonyl (C=O) groups is 3. The van der Waals surface area contributed by atoms with Gasteiger partial charge in [0.25, 0.3) is 11.8 Å². The summed E-state index contributed by atoms with van der Waals surface area (Å²) in [6.45, 7) is 0.163. The van der Waals surface area contributed by atoms with Crippen molar-refractivity contribution in [1.82, 2.24) is 10.0 Å². The van der Waals surface area contributed by atoms with Crippen molar-refractivity contribution in [1.29, 1.82) is 0 Å². The van der Waals surface area contributed by atoms with Gasteiger partial charge in [-0.1, -0.05) is 42.5 Å². The van der Waals surface area contributed by atoms with Gasteiger partial charge >= 0.3 is 0 Å². The summed E-state index contributed by atoms with van der Waals surface area (Å²) in [5, 5.41) is 1.99. The predicted octanol–water partition coefficient (Wildman–Crippen LogP) is 1.86. The second-order valence-electron chi connectivity index (χ2n) is 4.66. The smallest absolute Gasteiger partial charge is 0.277 e. The van der Waals surface area contributed by atoms with Crippen molar-refractivity contribution in [3.05, 3.63) is 71.3 Å². The van der Waals surface area contributed by atoms with Crippen LogP contribution in [0.5, 0.6) is 0 Å². The minimum Gasteiger partial charge on any atom is -0.277 e. The van der Waals surface area contributed by atoms with E-state index in [1.807, 2.05) is 30.3 Å². The maximum absolute atomic E-state index is 12.3. The number of nitrogens with zero attached hydrogens (tertiary/aromatic N) is 2. The van der Waals surface area contributed by atoms with E-state index in [0.717, 1.165) is 15.6 Å². The molecule has 0 aliphatic carbocycles. The van der Waals surface area contributed by atoms with Gasteiger partial charge in [0, 0.05) is 0 Å². The van der Waals surface area contributed by atoms with Crippen LogP contribution in [0.25, 0.3) is 0 Å². The molecule has 1 aliphatic heterocycles. The Labute approximate surface area is 121 Å². The van der Waals surface area contributed by atoms with Crippen LogP contribution in [0.3, 0.4) is 0 Å². The fraction of sp³-hybridized carbons (Fsp3) is 0.0625. The number of amides is 3. The Balaban J connectivity index is 1.91. The minimum atomic E-state index is -0.473. The molecule has 21 heavy (non-hydrogen) atoms. The third-order valence-electron chi connectivity index (χ3n) is 3.34. The monoisotopic (exact) mass is 280 g/mol. The van der Waals surface area contributed by atoms with Crippen molar-refractivity contribution in [2.75, 3.05) is 0 Å². The van der Waals surface area contributed by atoms with Crippen LogP contribution in [-0.4, -0.2) is 28.2 Å². The van der Waals surface area contributed by atoms with E-state index >= 15 is 0 Å². The summed E-state index contributed by atoms with van der Waals surface area (Å²) in [6, 6.07) is 15.7. The lowest BCUT2D eigenvalue weighted by Gasteiger charge is -2.25. The zero-order chi connectivity index (χ0) is 14.8. The lowest BCUT2D eigenvalue weighted by Crippen LogP contribution is -2.45. The standard InChI is InChI=1S/C16H12N2O3/c19-11-17(10-12-6-2-1-3-7-12)18-15(20)13-8-4-5-9-14(13)16(18)21/h1-9,11H,10H2. The third-order valence-corrected chi connectivity index (χ3v) is 3.34. The van der Waals surface area contributed by atoms with Gasteiger partial charge in [-0.15, -0.1) is 0 Å². The Hall–Kier alpha value is -2.95. The van der Waals surface area contributed by atoms with Gasteiger partial charge in [0.2, 0.25) is 6.41 Å². The molecule has 0 unspecified atom stereocenters. The van der Waals surface area contributed by atoms with E-state index in [9.17, 15) is 14.4 Å². The topological polar surface area (TPSA) is 57.7 Å². The lowest BCUT2D eigenvalue weighted by atomic mass is 10.1. The van der Waals surface area contributed by atoms with E-state index in [4.69, 9.17) is 0 Å². The molecule has 1 heterocycles. The van der Waals surface area contributed by atoms with E-state index in [1.54, 1.807) is 24.3 Å². The van der Waals surface area contributed by atoms with Crippen LogP contribution in [0, 0.1) is 0 Å². The number of fused-ring (bicyclic) bond motifs is 1. The third kappa shape index (κ3) is 2.18. The first kappa shape index (κ1) is 13.1. The molecule has 0 saturated heterocycles. The first-order valence-electron chi connectivity index (χ1n) is 6.46. The van der Waals surface area contributed by atoms with Gasteiger partial charge in [0.15, 0.2) is 0 Å². The zero-order valence-corrected chi connectivity index (χ0v) is 11.1. The Bertz CT molecular complexity index is 677. The van der Waals surface area contributed by atoms with E-state index < -0.39 is 11.8 Å². The number of hydrogen-bond donors (Lipinski definition) is 0. The number of rotatable bonds is 4. The minimum absolute atomic E-state index is 0.163. The largest absolute Gasteiger partial charge is 0.280 e. The summed E-state index contributed by atoms with van der Waals surface area (Å²) in [5.41, 5.74) is 1.48. The van der Waals surface area contributed by atoms with Gasteiger partial charge in [-0.2, -0.15) is 5.01 Å². The molecule has 0 saturated carbocycles. The van der Waals surface area contributed by atoms with E-state index in [2.05, 4.69) is 0 Å². The average Bonchev–Trinajstić information content (AvgIpc) is 2.78. The SMILES string of the molecule is O=CN(Cc1ccccc1)N1C(=O)c2ccccc2C1=O. The van der Waals surface area contributed by atoms with E-state index in [1.165, 1.54) is 0 Å². The van der Waals surface area contributed by atoms with Crippen molar-refractivity contribution < 1.29 is 14.4 Å². The highest BCUT2D eigenvalue weighted by Crippen LogP contribution is 2.24. The van der Waals surface area contributed by atoms with Crippen LogP contribution in [0.1, 0.15) is 26.3 Å². The van der Waals surface area contributed by atoms with E-state index in [0.29, 0.717) is 17.5 Å². The quantitative estimate of drug-likeness (QED) is 0.634. The van der Waals surface area contributed by atoms with Crippen LogP contribution < -0.4 is 0 Å². The normalized spacial score (nSPS) is 13.2. The van der Waals surface area contributed by atoms with E-state index in [-0.39, 0.29) is 6.54 Å². The molecule has 0 atom stereocenters. The number of hydrogen-bond acceptors (Lipinski definition) is 3. The zero-order valence-electron chi connectivity index (χ0n) is 11.1. The lowest BCUT2D eigenvalue weighted by molar-refractivity contribution is -0.128. The van der Waals surface area contributed by atoms with Crippen molar-refractivity contribution in [3.63, 3.8) is 0 Å². The van der Waals surface area contributed by atoms with Crippen LogP contribution in [0.4, 0.5) is 0 Å². The molecule has 3 amide bonds. The summed E-state index contributed by atoms with van der Waals surface area (Å²) < 4.78 is 0. The Morgan fingerprint density at radius 3 is 1.90 bits per heavy atom. The molecule has 1 aliphatic rings. The van der Waals surface area contributed by atoms with Crippen molar-refractivity contribution in [2.45, 2.75) is 6.54 Å². The van der Waals surface area contributed by atoms with Crippen LogP contribution >= 0.6 is 0 Å². The molecule has 2 aromatic rings. The summed E-state index contributed by atoms with van der Waals surface area (Å²) >= 11 is 0. The number of benzene rings is 2. The molecule has 0 bridgehead atoms. The summed E-state index contributed by atoms with van der Waals surface area (Å²) in [7, 11) is 0. The fourth-order valence-electron chi connectivity index (χ4n) is 2.34. The maximum Gasteiger partial charge on any atom is 0.280 e. The average molecular weight is 280 g/mol. The Kier molecular flexibility index (Phi) is 3.23. The molecule has 0 fully saturated rings. The van der Waals surface area contributed by atoms with Crippen molar-refractivity contribution in [2.24, 2.45) is 0 Å². The Morgan fingerprint density at radius 1 is 0.857 bits per heavy atom. The number of carbonyl (C=O) groups excluding carboxylic acids is 3. The molecule has 0 N–H and O–H groups in total. The molecular weight excluding hydrogens is 268 g/mol. The van der Waals surface area contributed by atoms with Gasteiger partial charge in [-0.05, 0) is 17.7 Å². The molecule has 2 aromatic carbocycles. The van der Waals surface area contributed by atoms with Gasteiger partial charge in [0.05, 0.1) is 17.7 Å². The van der Waals surface area contributed by atoms with Gasteiger partial charge in [-0.3, -0.25) is 14.4 Å². The highest BCUT2D eigenvalue weighted by molar-refractivity contribution is 6.21. The molecule has 0 aromatic heterocycles. The Morgan fingerprint density at radius 2 is 1.38 bits per heavy atom. The highest BCUT2D eigenvalue weighted by Gasteiger charge is 2.38. The second kappa shape index (κ2) is 5.20. The maximum atomic E-state index is 12.3. The van der Waals surface area contributed by atoms with Crippen LogP contribution in [0.2, 0.25) is 0 Å². The van der Waals surface area contributed by atoms with Crippen LogP contribution in [-0.2, 0) is 11.3 Å². The summed E-state index contributed by atoms with van der Waals surface area (Å²) in [5.74, 6) is -0.947. The predicted molar refractivity (Wildman–Crippen MR) is 75.0 cm³/mol. The molecular formula is C16H12N2O3. The van der Waals surface area contributed by atoms with Gasteiger partial charge in [-0.25, -0.2) is 5.01 Å². The summed E-state index contributed by atoms with van der Waals surface area (Å²) in [4.78, 5) is 35.9. The molecule has 0 spiro atoms. The molecule has 5 nitrogen and oxygen atoms in total. The first-order chi connectivity index (χ1) is 10.2. The van der Waals surface area contributed by atoms with Crippen molar-refractivity contribution in [3.8, 4) is 0 Å². The number of hydrazine groups is 1. The second-order valence-corrected chi connectivity index (χ2v) is 4.66. The van der Waals surface area contributed by atoms with Crippen LogP contribution in [0.15, 0.2) is 54.6 Å². The van der Waals surface area contributed by atoms with Crippen molar-refractivity contribution >= 4 is 18.2 Å². The molecule has 3 rings (SSSR count). The van der Waals surface area contributed by atoms with Gasteiger partial charge in [0.1, 0.15) is 0 Å². The highest BCUT2D eigenvalue weighted by atomic mass is 16.2. The van der Waals surface area contributed by atoms with Gasteiger partial charge < -0.3 is 0 Å². The molecule has 0 radical (unpaired) electrons. The first-order valence-corrected chi connectivity index (χ1v) is 6.46. The number of imide groups is 1. The summed E-state index contributed by atoms with van der Waals surface area (Å²) in [6.07, 6.45) is 0.495. The fourth-order valence-corrected chi connectivity index (χ4v) is 2.34. The molecule has 104 valence electrons.